The second kappa shape index (κ2) is 28.0. The lowest BCUT2D eigenvalue weighted by atomic mass is 9.97. The molecule has 2 aromatic rings. The fraction of sp³-hybridized carbons (Fsp3) is 0.568. The molecule has 5 atom stereocenters. The molecule has 10 N–H and O–H groups in total. The maximum absolute atomic E-state index is 13.2. The number of nitrogens with one attached hydrogen (secondary N) is 4. The Hall–Kier alpha value is -5.47. The van der Waals surface area contributed by atoms with E-state index < -0.39 is 66.1 Å². The van der Waals surface area contributed by atoms with Crippen molar-refractivity contribution in [2.45, 2.75) is 154 Å². The van der Waals surface area contributed by atoms with Crippen LogP contribution in [0.2, 0.25) is 0 Å². The van der Waals surface area contributed by atoms with Gasteiger partial charge in [-0.05, 0) is 42.0 Å². The number of primary amides is 2. The summed E-state index contributed by atoms with van der Waals surface area (Å²) < 4.78 is 0. The van der Waals surface area contributed by atoms with Gasteiger partial charge in [-0.1, -0.05) is 127 Å². The summed E-state index contributed by atoms with van der Waals surface area (Å²) in [7, 11) is 0. The van der Waals surface area contributed by atoms with Crippen LogP contribution in [0.25, 0.3) is 0 Å². The van der Waals surface area contributed by atoms with E-state index in [2.05, 4.69) is 21.3 Å². The van der Waals surface area contributed by atoms with Crippen molar-refractivity contribution in [2.75, 3.05) is 0 Å². The van der Waals surface area contributed by atoms with Crippen molar-refractivity contribution in [3.05, 3.63) is 65.7 Å². The van der Waals surface area contributed by atoms with Gasteiger partial charge in [0, 0.05) is 25.7 Å². The summed E-state index contributed by atoms with van der Waals surface area (Å²) in [6, 6.07) is 10.9. The number of amides is 6. The monoisotopic (exact) mass is 822 g/mol. The zero-order valence-corrected chi connectivity index (χ0v) is 34.7. The van der Waals surface area contributed by atoms with Gasteiger partial charge in [-0.3, -0.25) is 28.8 Å². The number of aromatic hydroxyl groups is 1. The zero-order valence-electron chi connectivity index (χ0n) is 34.7. The number of carboxylic acid groups (broad SMARTS) is 1. The summed E-state index contributed by atoms with van der Waals surface area (Å²) in [6.45, 7) is 3.84. The van der Waals surface area contributed by atoms with Crippen LogP contribution in [0.3, 0.4) is 0 Å². The van der Waals surface area contributed by atoms with E-state index >= 15 is 0 Å². The third kappa shape index (κ3) is 21.2. The quantitative estimate of drug-likeness (QED) is 0.0509. The average Bonchev–Trinajstić information content (AvgIpc) is 3.19. The van der Waals surface area contributed by atoms with Crippen LogP contribution in [0.4, 0.5) is 0 Å². The van der Waals surface area contributed by atoms with E-state index in [1.807, 2.05) is 44.2 Å². The first kappa shape index (κ1) is 49.7. The number of carbonyl (C=O) groups is 7. The van der Waals surface area contributed by atoms with Crippen LogP contribution in [0.5, 0.6) is 5.75 Å². The first-order chi connectivity index (χ1) is 28.2. The van der Waals surface area contributed by atoms with Crippen LogP contribution in [0.1, 0.15) is 128 Å². The topological polar surface area (TPSA) is 260 Å². The number of phenolic OH excluding ortho intramolecular Hbond substituents is 1. The summed E-state index contributed by atoms with van der Waals surface area (Å²) in [6.07, 6.45) is 12.5. The van der Waals surface area contributed by atoms with Crippen LogP contribution in [0, 0.1) is 5.92 Å². The van der Waals surface area contributed by atoms with Crippen molar-refractivity contribution < 1.29 is 43.8 Å². The molecule has 15 nitrogen and oxygen atoms in total. The number of phenols is 1. The van der Waals surface area contributed by atoms with Crippen molar-refractivity contribution in [3.63, 3.8) is 0 Å². The molecule has 2 rings (SSSR count). The summed E-state index contributed by atoms with van der Waals surface area (Å²) >= 11 is 0. The molecule has 0 fully saturated rings. The smallest absolute Gasteiger partial charge is 0.326 e. The van der Waals surface area contributed by atoms with Crippen molar-refractivity contribution in [3.8, 4) is 5.75 Å². The van der Waals surface area contributed by atoms with Crippen molar-refractivity contribution >= 4 is 41.4 Å². The first-order valence-electron chi connectivity index (χ1n) is 21.0. The Balaban J connectivity index is 1.57. The molecule has 0 aliphatic carbocycles. The molecule has 2 aromatic carbocycles. The van der Waals surface area contributed by atoms with Crippen LogP contribution >= 0.6 is 0 Å². The van der Waals surface area contributed by atoms with Crippen molar-refractivity contribution in [2.24, 2.45) is 17.4 Å². The zero-order chi connectivity index (χ0) is 43.6. The van der Waals surface area contributed by atoms with Gasteiger partial charge in [0.1, 0.15) is 29.9 Å². The third-order valence-electron chi connectivity index (χ3n) is 10.4. The number of benzene rings is 2. The van der Waals surface area contributed by atoms with Gasteiger partial charge < -0.3 is 42.9 Å². The fourth-order valence-corrected chi connectivity index (χ4v) is 6.64. The largest absolute Gasteiger partial charge is 0.508 e. The lowest BCUT2D eigenvalue weighted by Crippen LogP contribution is -2.55. The Morgan fingerprint density at radius 2 is 1.03 bits per heavy atom. The summed E-state index contributed by atoms with van der Waals surface area (Å²) in [5.41, 5.74) is 12.3. The molecule has 15 heteroatoms. The van der Waals surface area contributed by atoms with Crippen LogP contribution < -0.4 is 32.7 Å². The molecule has 0 radical (unpaired) electrons. The van der Waals surface area contributed by atoms with Gasteiger partial charge in [-0.25, -0.2) is 4.79 Å². The van der Waals surface area contributed by atoms with Crippen LogP contribution in [-0.2, 0) is 46.4 Å². The average molecular weight is 823 g/mol. The van der Waals surface area contributed by atoms with E-state index in [9.17, 15) is 43.8 Å². The predicted octanol–water partition coefficient (Wildman–Crippen LogP) is 4.07. The second-order valence-electron chi connectivity index (χ2n) is 15.4. The molecule has 0 bridgehead atoms. The Bertz CT molecular complexity index is 1620. The van der Waals surface area contributed by atoms with Crippen LogP contribution in [-0.4, -0.2) is 75.8 Å². The lowest BCUT2D eigenvalue weighted by molar-refractivity contribution is -0.142. The van der Waals surface area contributed by atoms with Crippen LogP contribution in [0.15, 0.2) is 54.6 Å². The highest BCUT2D eigenvalue weighted by atomic mass is 16.4. The Morgan fingerprint density at radius 3 is 1.51 bits per heavy atom. The highest BCUT2D eigenvalue weighted by Gasteiger charge is 2.30. The molecule has 1 unspecified atom stereocenters. The normalized spacial score (nSPS) is 13.5. The lowest BCUT2D eigenvalue weighted by Gasteiger charge is -2.26. The number of rotatable bonds is 31. The minimum Gasteiger partial charge on any atom is -0.508 e. The highest BCUT2D eigenvalue weighted by molar-refractivity contribution is 5.94. The molecular weight excluding hydrogens is 757 g/mol. The maximum atomic E-state index is 13.2. The molecule has 326 valence electrons. The standard InChI is InChI=1S/C44H66N6O9/c1-3-30(2)40(43(57)48-34(41(46)55)27-31-19-15-14-16-20-31)50-39(54)22-18-13-11-9-7-5-4-6-8-10-12-17-21-38(53)47-35(29-37(45)52)42(56)49-36(44(58)59)28-32-23-25-33(51)26-24-32/h14-16,19-20,23-26,30,34-36,40,51H,3-13,17-18,21-22,27-29H2,1-2H3,(H2,45,52)(H2,46,55)(H,47,53)(H,48,57)(H,49,56)(H,50,54)(H,58,59)/t30?,34-,35-,36-,40-/m0/s1. The van der Waals surface area contributed by atoms with E-state index in [1.165, 1.54) is 24.3 Å². The number of unbranched alkanes of at least 4 members (excludes halogenated alkanes) is 11. The van der Waals surface area contributed by atoms with E-state index in [0.717, 1.165) is 76.2 Å². The number of hydrogen-bond donors (Lipinski definition) is 8. The number of hydrogen-bond acceptors (Lipinski definition) is 8. The summed E-state index contributed by atoms with van der Waals surface area (Å²) in [5.74, 6) is -4.69. The number of nitrogens with two attached hydrogens (primary N) is 2. The number of carbonyl (C=O) groups excluding carboxylic acids is 6. The molecule has 0 aromatic heterocycles. The summed E-state index contributed by atoms with van der Waals surface area (Å²) in [5, 5.41) is 29.6. The SMILES string of the molecule is CCC(C)[C@H](NC(=O)CCCCCCCCCCCCCCC(=O)N[C@@H](CC(N)=O)C(=O)N[C@@H](Cc1ccc(O)cc1)C(=O)O)C(=O)N[C@@H](Cc1ccccc1)C(N)=O. The van der Waals surface area contributed by atoms with E-state index in [-0.39, 0.29) is 36.8 Å². The van der Waals surface area contributed by atoms with Gasteiger partial charge in [-0.2, -0.15) is 0 Å². The minimum absolute atomic E-state index is 0.0168. The van der Waals surface area contributed by atoms with Crippen molar-refractivity contribution in [1.29, 1.82) is 0 Å². The molecular formula is C44H66N6O9. The Kier molecular flexibility index (Phi) is 23.6. The van der Waals surface area contributed by atoms with E-state index in [1.54, 1.807) is 0 Å². The molecule has 6 amide bonds. The van der Waals surface area contributed by atoms with Gasteiger partial charge >= 0.3 is 5.97 Å². The molecule has 0 heterocycles. The van der Waals surface area contributed by atoms with Gasteiger partial charge in [0.05, 0.1) is 6.42 Å². The fourth-order valence-electron chi connectivity index (χ4n) is 6.64. The Labute approximate surface area is 348 Å². The second-order valence-corrected chi connectivity index (χ2v) is 15.4. The molecule has 0 spiro atoms. The Morgan fingerprint density at radius 1 is 0.576 bits per heavy atom. The maximum Gasteiger partial charge on any atom is 0.326 e. The molecule has 0 saturated carbocycles. The van der Waals surface area contributed by atoms with Gasteiger partial charge in [-0.15, -0.1) is 0 Å². The first-order valence-corrected chi connectivity index (χ1v) is 21.0. The highest BCUT2D eigenvalue weighted by Crippen LogP contribution is 2.15. The number of aliphatic carboxylic acids is 1. The minimum atomic E-state index is -1.32. The van der Waals surface area contributed by atoms with E-state index in [0.29, 0.717) is 24.8 Å². The van der Waals surface area contributed by atoms with Crippen molar-refractivity contribution in [1.82, 2.24) is 21.3 Å². The molecule has 0 aliphatic rings. The number of carboxylic acids is 1. The molecule has 0 saturated heterocycles. The molecule has 59 heavy (non-hydrogen) atoms. The third-order valence-corrected chi connectivity index (χ3v) is 10.4. The van der Waals surface area contributed by atoms with Gasteiger partial charge in [0.25, 0.3) is 0 Å². The van der Waals surface area contributed by atoms with E-state index in [4.69, 9.17) is 11.5 Å². The predicted molar refractivity (Wildman–Crippen MR) is 224 cm³/mol. The van der Waals surface area contributed by atoms with Gasteiger partial charge in [0.15, 0.2) is 0 Å². The van der Waals surface area contributed by atoms with Gasteiger partial charge in [0.2, 0.25) is 35.4 Å². The molecule has 0 aliphatic heterocycles. The summed E-state index contributed by atoms with van der Waals surface area (Å²) in [4.78, 5) is 86.9.